The van der Waals surface area contributed by atoms with Gasteiger partial charge in [0.05, 0.1) is 18.0 Å². The van der Waals surface area contributed by atoms with E-state index < -0.39 is 0 Å². The van der Waals surface area contributed by atoms with E-state index in [1.807, 2.05) is 41.3 Å². The lowest BCUT2D eigenvalue weighted by atomic mass is 10.1. The minimum atomic E-state index is 0.170. The number of aliphatic hydroxyl groups excluding tert-OH is 1. The summed E-state index contributed by atoms with van der Waals surface area (Å²) in [5.74, 6) is 0. The molecule has 1 atom stereocenters. The van der Waals surface area contributed by atoms with Crippen molar-refractivity contribution in [3.63, 3.8) is 0 Å². The third-order valence-corrected chi connectivity index (χ3v) is 3.66. The maximum absolute atomic E-state index is 9.59. The molecular formula is C14H18N4O. The first-order valence-corrected chi connectivity index (χ1v) is 6.62. The molecule has 0 saturated heterocycles. The van der Waals surface area contributed by atoms with E-state index in [-0.39, 0.29) is 12.6 Å². The van der Waals surface area contributed by atoms with Gasteiger partial charge >= 0.3 is 0 Å². The van der Waals surface area contributed by atoms with E-state index in [0.717, 1.165) is 31.7 Å². The molecule has 0 spiro atoms. The Bertz CT molecular complexity index is 525. The van der Waals surface area contributed by atoms with Crippen molar-refractivity contribution < 1.29 is 5.11 Å². The van der Waals surface area contributed by atoms with Crippen LogP contribution >= 0.6 is 0 Å². The van der Waals surface area contributed by atoms with Gasteiger partial charge in [0.15, 0.2) is 0 Å². The number of hydrogen-bond acceptors (Lipinski definition) is 4. The van der Waals surface area contributed by atoms with Crippen LogP contribution in [0.1, 0.15) is 17.8 Å². The summed E-state index contributed by atoms with van der Waals surface area (Å²) < 4.78 is 2.03. The Morgan fingerprint density at radius 1 is 1.26 bits per heavy atom. The molecular weight excluding hydrogens is 240 g/mol. The molecule has 1 aliphatic heterocycles. The fourth-order valence-corrected chi connectivity index (χ4v) is 2.58. The van der Waals surface area contributed by atoms with Crippen molar-refractivity contribution >= 4 is 0 Å². The van der Waals surface area contributed by atoms with Crippen LogP contribution in [0.5, 0.6) is 0 Å². The Labute approximate surface area is 112 Å². The molecule has 0 aliphatic carbocycles. The van der Waals surface area contributed by atoms with Crippen LogP contribution in [-0.2, 0) is 19.6 Å². The summed E-state index contributed by atoms with van der Waals surface area (Å²) in [6.07, 6.45) is 4.57. The monoisotopic (exact) mass is 258 g/mol. The summed E-state index contributed by atoms with van der Waals surface area (Å²) in [7, 11) is 0. The highest BCUT2D eigenvalue weighted by Gasteiger charge is 2.23. The largest absolute Gasteiger partial charge is 0.395 e. The molecule has 1 N–H and O–H groups in total. The maximum Gasteiger partial charge on any atom is 0.0587 e. The molecule has 3 rings (SSSR count). The summed E-state index contributed by atoms with van der Waals surface area (Å²) in [6.45, 7) is 2.61. The fourth-order valence-electron chi connectivity index (χ4n) is 2.58. The van der Waals surface area contributed by atoms with Crippen LogP contribution in [0.25, 0.3) is 0 Å². The maximum atomic E-state index is 9.59. The van der Waals surface area contributed by atoms with Gasteiger partial charge in [0, 0.05) is 38.1 Å². The highest BCUT2D eigenvalue weighted by atomic mass is 16.3. The van der Waals surface area contributed by atoms with Gasteiger partial charge in [-0.3, -0.25) is 14.6 Å². The van der Waals surface area contributed by atoms with Gasteiger partial charge in [-0.05, 0) is 24.6 Å². The molecule has 0 radical (unpaired) electrons. The van der Waals surface area contributed by atoms with Crippen molar-refractivity contribution in [2.75, 3.05) is 6.61 Å². The third-order valence-electron chi connectivity index (χ3n) is 3.66. The van der Waals surface area contributed by atoms with Gasteiger partial charge in [-0.15, -0.1) is 0 Å². The Morgan fingerprint density at radius 3 is 3.00 bits per heavy atom. The van der Waals surface area contributed by atoms with E-state index in [2.05, 4.69) is 15.0 Å². The number of nitrogens with zero attached hydrogens (tertiary/aromatic N) is 4. The first-order chi connectivity index (χ1) is 9.36. The van der Waals surface area contributed by atoms with Gasteiger partial charge in [-0.1, -0.05) is 6.07 Å². The summed E-state index contributed by atoms with van der Waals surface area (Å²) in [6, 6.07) is 8.16. The van der Waals surface area contributed by atoms with Crippen molar-refractivity contribution in [1.82, 2.24) is 19.7 Å². The lowest BCUT2D eigenvalue weighted by Gasteiger charge is -2.27. The fraction of sp³-hybridized carbons (Fsp3) is 0.429. The average molecular weight is 258 g/mol. The highest BCUT2D eigenvalue weighted by molar-refractivity contribution is 5.06. The average Bonchev–Trinajstić information content (AvgIpc) is 2.81. The molecule has 0 aromatic carbocycles. The zero-order valence-corrected chi connectivity index (χ0v) is 10.8. The van der Waals surface area contributed by atoms with Crippen molar-refractivity contribution in [2.45, 2.75) is 32.1 Å². The van der Waals surface area contributed by atoms with Crippen LogP contribution in [-0.4, -0.2) is 37.4 Å². The molecule has 5 nitrogen and oxygen atoms in total. The minimum Gasteiger partial charge on any atom is -0.395 e. The minimum absolute atomic E-state index is 0.170. The van der Waals surface area contributed by atoms with Gasteiger partial charge < -0.3 is 5.11 Å². The first-order valence-electron chi connectivity index (χ1n) is 6.62. The zero-order valence-electron chi connectivity index (χ0n) is 10.8. The molecule has 1 aliphatic rings. The van der Waals surface area contributed by atoms with Crippen LogP contribution < -0.4 is 0 Å². The smallest absolute Gasteiger partial charge is 0.0587 e. The van der Waals surface area contributed by atoms with Gasteiger partial charge in [-0.25, -0.2) is 0 Å². The lowest BCUT2D eigenvalue weighted by molar-refractivity contribution is 0.106. The van der Waals surface area contributed by atoms with Crippen molar-refractivity contribution in [2.24, 2.45) is 0 Å². The van der Waals surface area contributed by atoms with Crippen LogP contribution in [0.2, 0.25) is 0 Å². The summed E-state index contributed by atoms with van der Waals surface area (Å²) in [5, 5.41) is 13.9. The second-order valence-electron chi connectivity index (χ2n) is 4.90. The van der Waals surface area contributed by atoms with E-state index in [4.69, 9.17) is 0 Å². The van der Waals surface area contributed by atoms with Crippen LogP contribution in [0.4, 0.5) is 0 Å². The lowest BCUT2D eigenvalue weighted by Crippen LogP contribution is -2.36. The molecule has 1 unspecified atom stereocenters. The Kier molecular flexibility index (Phi) is 3.57. The SMILES string of the molecule is OCC1CCn2nccc2CN1Cc1ccccn1. The highest BCUT2D eigenvalue weighted by Crippen LogP contribution is 2.18. The second kappa shape index (κ2) is 5.50. The van der Waals surface area contributed by atoms with E-state index >= 15 is 0 Å². The molecule has 0 bridgehead atoms. The zero-order chi connectivity index (χ0) is 13.1. The quantitative estimate of drug-likeness (QED) is 0.894. The van der Waals surface area contributed by atoms with Gasteiger partial charge in [-0.2, -0.15) is 5.10 Å². The third kappa shape index (κ3) is 2.67. The molecule has 3 heterocycles. The second-order valence-corrected chi connectivity index (χ2v) is 4.90. The van der Waals surface area contributed by atoms with Crippen LogP contribution in [0, 0.1) is 0 Å². The van der Waals surface area contributed by atoms with Crippen LogP contribution in [0.15, 0.2) is 36.7 Å². The standard InChI is InChI=1S/C14H18N4O/c19-11-14-5-8-18-13(4-7-16-18)10-17(14)9-12-3-1-2-6-15-12/h1-4,6-7,14,19H,5,8-11H2. The van der Waals surface area contributed by atoms with E-state index in [1.165, 1.54) is 5.69 Å². The summed E-state index contributed by atoms with van der Waals surface area (Å²) in [5.41, 5.74) is 2.24. The Morgan fingerprint density at radius 2 is 2.21 bits per heavy atom. The van der Waals surface area contributed by atoms with Crippen molar-refractivity contribution in [1.29, 1.82) is 0 Å². The molecule has 0 saturated carbocycles. The normalized spacial score (nSPS) is 19.9. The number of rotatable bonds is 3. The molecule has 19 heavy (non-hydrogen) atoms. The Balaban J connectivity index is 1.81. The number of hydrogen-bond donors (Lipinski definition) is 1. The van der Waals surface area contributed by atoms with E-state index in [0.29, 0.717) is 0 Å². The number of aryl methyl sites for hydroxylation is 1. The number of fused-ring (bicyclic) bond motifs is 1. The summed E-state index contributed by atoms with van der Waals surface area (Å²) in [4.78, 5) is 6.65. The van der Waals surface area contributed by atoms with Crippen LogP contribution in [0.3, 0.4) is 0 Å². The Hall–Kier alpha value is -1.72. The summed E-state index contributed by atoms with van der Waals surface area (Å²) >= 11 is 0. The van der Waals surface area contributed by atoms with E-state index in [9.17, 15) is 5.11 Å². The molecule has 0 amide bonds. The topological polar surface area (TPSA) is 54.2 Å². The molecule has 2 aromatic heterocycles. The number of aromatic nitrogens is 3. The molecule has 2 aromatic rings. The predicted octanol–water partition coefficient (Wildman–Crippen LogP) is 1.04. The first kappa shape index (κ1) is 12.3. The van der Waals surface area contributed by atoms with Gasteiger partial charge in [0.2, 0.25) is 0 Å². The van der Waals surface area contributed by atoms with Crippen molar-refractivity contribution in [3.8, 4) is 0 Å². The molecule has 0 fully saturated rings. The predicted molar refractivity (Wildman–Crippen MR) is 71.2 cm³/mol. The number of aliphatic hydroxyl groups is 1. The van der Waals surface area contributed by atoms with Gasteiger partial charge in [0.1, 0.15) is 0 Å². The van der Waals surface area contributed by atoms with Gasteiger partial charge in [0.25, 0.3) is 0 Å². The van der Waals surface area contributed by atoms with E-state index in [1.54, 1.807) is 0 Å². The molecule has 5 heteroatoms. The number of pyridine rings is 1. The van der Waals surface area contributed by atoms with Crippen molar-refractivity contribution in [3.05, 3.63) is 48.0 Å². The molecule has 100 valence electrons.